The number of benzene rings is 1. The molecule has 5 nitrogen and oxygen atoms in total. The van der Waals surface area contributed by atoms with Crippen LogP contribution in [0.3, 0.4) is 0 Å². The summed E-state index contributed by atoms with van der Waals surface area (Å²) in [6.45, 7) is 7.97. The van der Waals surface area contributed by atoms with Gasteiger partial charge >= 0.3 is 0 Å². The van der Waals surface area contributed by atoms with Gasteiger partial charge in [-0.25, -0.2) is 0 Å². The summed E-state index contributed by atoms with van der Waals surface area (Å²) >= 11 is 0. The predicted molar refractivity (Wildman–Crippen MR) is 85.2 cm³/mol. The molecule has 0 heterocycles. The number of amides is 1. The molecule has 0 radical (unpaired) electrons. The first-order valence-corrected chi connectivity index (χ1v) is 7.60. The molecular formula is C16H27N3O2. The van der Waals surface area contributed by atoms with E-state index in [0.29, 0.717) is 13.0 Å². The van der Waals surface area contributed by atoms with E-state index < -0.39 is 6.04 Å². The van der Waals surface area contributed by atoms with Crippen LogP contribution in [-0.4, -0.2) is 48.1 Å². The van der Waals surface area contributed by atoms with Crippen LogP contribution in [0.4, 0.5) is 0 Å². The van der Waals surface area contributed by atoms with Crippen LogP contribution >= 0.6 is 0 Å². The van der Waals surface area contributed by atoms with E-state index in [1.807, 2.05) is 0 Å². The number of aromatic hydroxyl groups is 1. The van der Waals surface area contributed by atoms with E-state index in [1.165, 1.54) is 0 Å². The third kappa shape index (κ3) is 6.60. The SMILES string of the molecule is CCN(CC)CCCNC(=O)[C@@H](N)Cc1ccc(O)cc1. The van der Waals surface area contributed by atoms with Crippen molar-refractivity contribution in [1.29, 1.82) is 0 Å². The zero-order valence-corrected chi connectivity index (χ0v) is 13.0. The van der Waals surface area contributed by atoms with Crippen LogP contribution in [0.1, 0.15) is 25.8 Å². The Labute approximate surface area is 127 Å². The third-order valence-corrected chi connectivity index (χ3v) is 3.57. The Balaban J connectivity index is 2.26. The molecule has 0 saturated carbocycles. The van der Waals surface area contributed by atoms with Gasteiger partial charge in [-0.1, -0.05) is 26.0 Å². The van der Waals surface area contributed by atoms with Crippen molar-refractivity contribution in [3.63, 3.8) is 0 Å². The molecule has 0 aromatic heterocycles. The first-order chi connectivity index (χ1) is 10.1. The minimum atomic E-state index is -0.553. The number of carbonyl (C=O) groups is 1. The quantitative estimate of drug-likeness (QED) is 0.596. The van der Waals surface area contributed by atoms with Crippen LogP contribution < -0.4 is 11.1 Å². The minimum absolute atomic E-state index is 0.123. The fourth-order valence-electron chi connectivity index (χ4n) is 2.16. The van der Waals surface area contributed by atoms with E-state index >= 15 is 0 Å². The number of hydrogen-bond acceptors (Lipinski definition) is 4. The van der Waals surface area contributed by atoms with E-state index in [1.54, 1.807) is 24.3 Å². The summed E-state index contributed by atoms with van der Waals surface area (Å²) in [4.78, 5) is 14.2. The second-order valence-corrected chi connectivity index (χ2v) is 5.15. The second-order valence-electron chi connectivity index (χ2n) is 5.15. The molecule has 5 heteroatoms. The molecule has 0 spiro atoms. The lowest BCUT2D eigenvalue weighted by molar-refractivity contribution is -0.122. The first kappa shape index (κ1) is 17.5. The minimum Gasteiger partial charge on any atom is -0.508 e. The molecule has 1 rings (SSSR count). The van der Waals surface area contributed by atoms with Gasteiger partial charge in [0.05, 0.1) is 6.04 Å². The van der Waals surface area contributed by atoms with Gasteiger partial charge in [-0.2, -0.15) is 0 Å². The third-order valence-electron chi connectivity index (χ3n) is 3.57. The highest BCUT2D eigenvalue weighted by Crippen LogP contribution is 2.10. The van der Waals surface area contributed by atoms with Crippen LogP contribution in [-0.2, 0) is 11.2 Å². The van der Waals surface area contributed by atoms with E-state index in [9.17, 15) is 9.90 Å². The predicted octanol–water partition coefficient (Wildman–Crippen LogP) is 1.11. The molecule has 0 saturated heterocycles. The maximum atomic E-state index is 11.9. The number of phenolic OH excluding ortho intramolecular Hbond substituents is 1. The maximum Gasteiger partial charge on any atom is 0.237 e. The fraction of sp³-hybridized carbons (Fsp3) is 0.562. The summed E-state index contributed by atoms with van der Waals surface area (Å²) in [6, 6.07) is 6.21. The number of nitrogens with two attached hydrogens (primary N) is 1. The smallest absolute Gasteiger partial charge is 0.237 e. The fourth-order valence-corrected chi connectivity index (χ4v) is 2.16. The monoisotopic (exact) mass is 293 g/mol. The molecule has 0 fully saturated rings. The molecule has 21 heavy (non-hydrogen) atoms. The van der Waals surface area contributed by atoms with Gasteiger partial charge in [-0.05, 0) is 50.2 Å². The molecule has 1 amide bonds. The van der Waals surface area contributed by atoms with E-state index in [0.717, 1.165) is 31.6 Å². The van der Waals surface area contributed by atoms with Crippen molar-refractivity contribution in [1.82, 2.24) is 10.2 Å². The summed E-state index contributed by atoms with van der Waals surface area (Å²) in [6.07, 6.45) is 1.40. The Morgan fingerprint density at radius 2 is 1.90 bits per heavy atom. The average Bonchev–Trinajstić information content (AvgIpc) is 2.49. The highest BCUT2D eigenvalue weighted by Gasteiger charge is 2.13. The number of nitrogens with zero attached hydrogens (tertiary/aromatic N) is 1. The summed E-state index contributed by atoms with van der Waals surface area (Å²) in [5.74, 6) is 0.0933. The lowest BCUT2D eigenvalue weighted by Gasteiger charge is -2.18. The molecule has 4 N–H and O–H groups in total. The zero-order chi connectivity index (χ0) is 15.7. The molecule has 1 atom stereocenters. The lowest BCUT2D eigenvalue weighted by atomic mass is 10.1. The summed E-state index contributed by atoms with van der Waals surface area (Å²) in [5, 5.41) is 12.1. The molecule has 1 aromatic carbocycles. The van der Waals surface area contributed by atoms with Crippen LogP contribution in [0.15, 0.2) is 24.3 Å². The van der Waals surface area contributed by atoms with Crippen molar-refractivity contribution < 1.29 is 9.90 Å². The molecule has 0 aliphatic carbocycles. The van der Waals surface area contributed by atoms with Gasteiger partial charge in [0, 0.05) is 6.54 Å². The van der Waals surface area contributed by atoms with Crippen LogP contribution in [0.2, 0.25) is 0 Å². The Morgan fingerprint density at radius 1 is 1.29 bits per heavy atom. The van der Waals surface area contributed by atoms with Crippen LogP contribution in [0, 0.1) is 0 Å². The Hall–Kier alpha value is -1.59. The Kier molecular flexibility index (Phi) is 7.79. The molecule has 0 aliphatic rings. The van der Waals surface area contributed by atoms with Crippen LogP contribution in [0.25, 0.3) is 0 Å². The van der Waals surface area contributed by atoms with Gasteiger partial charge in [0.25, 0.3) is 0 Å². The molecule has 118 valence electrons. The molecule has 0 bridgehead atoms. The van der Waals surface area contributed by atoms with Gasteiger partial charge < -0.3 is 21.1 Å². The first-order valence-electron chi connectivity index (χ1n) is 7.60. The average molecular weight is 293 g/mol. The van der Waals surface area contributed by atoms with Crippen molar-refractivity contribution in [2.45, 2.75) is 32.7 Å². The van der Waals surface area contributed by atoms with Gasteiger partial charge in [0.1, 0.15) is 5.75 Å². The van der Waals surface area contributed by atoms with Crippen molar-refractivity contribution in [3.05, 3.63) is 29.8 Å². The van der Waals surface area contributed by atoms with Gasteiger partial charge in [0.15, 0.2) is 0 Å². The summed E-state index contributed by atoms with van der Waals surface area (Å²) < 4.78 is 0. The van der Waals surface area contributed by atoms with Gasteiger partial charge in [-0.15, -0.1) is 0 Å². The largest absolute Gasteiger partial charge is 0.508 e. The number of carbonyl (C=O) groups excluding carboxylic acids is 1. The molecule has 0 aliphatic heterocycles. The topological polar surface area (TPSA) is 78.6 Å². The van der Waals surface area contributed by atoms with Crippen molar-refractivity contribution >= 4 is 5.91 Å². The van der Waals surface area contributed by atoms with E-state index in [4.69, 9.17) is 5.73 Å². The molecule has 0 unspecified atom stereocenters. The summed E-state index contributed by atoms with van der Waals surface area (Å²) in [7, 11) is 0. The number of rotatable bonds is 9. The van der Waals surface area contributed by atoms with E-state index in [-0.39, 0.29) is 11.7 Å². The van der Waals surface area contributed by atoms with Crippen molar-refractivity contribution in [3.8, 4) is 5.75 Å². The molecule has 1 aromatic rings. The zero-order valence-electron chi connectivity index (χ0n) is 13.0. The van der Waals surface area contributed by atoms with Gasteiger partial charge in [-0.3, -0.25) is 4.79 Å². The standard InChI is InChI=1S/C16H27N3O2/c1-3-19(4-2)11-5-10-18-16(21)15(17)12-13-6-8-14(20)9-7-13/h6-9,15,20H,3-5,10-12,17H2,1-2H3,(H,18,21)/t15-/m0/s1. The Morgan fingerprint density at radius 3 is 2.48 bits per heavy atom. The number of nitrogens with one attached hydrogen (secondary N) is 1. The summed E-state index contributed by atoms with van der Waals surface area (Å²) in [5.41, 5.74) is 6.84. The number of hydrogen-bond donors (Lipinski definition) is 3. The van der Waals surface area contributed by atoms with Crippen LogP contribution in [0.5, 0.6) is 5.75 Å². The van der Waals surface area contributed by atoms with E-state index in [2.05, 4.69) is 24.1 Å². The lowest BCUT2D eigenvalue weighted by Crippen LogP contribution is -2.42. The normalized spacial score (nSPS) is 12.4. The highest BCUT2D eigenvalue weighted by atomic mass is 16.3. The highest BCUT2D eigenvalue weighted by molar-refractivity contribution is 5.81. The number of phenols is 1. The maximum absolute atomic E-state index is 11.9. The second kappa shape index (κ2) is 9.37. The van der Waals surface area contributed by atoms with Gasteiger partial charge in [0.2, 0.25) is 5.91 Å². The molecular weight excluding hydrogens is 266 g/mol. The Bertz CT molecular complexity index is 416. The van der Waals surface area contributed by atoms with Crippen molar-refractivity contribution in [2.75, 3.05) is 26.2 Å². The van der Waals surface area contributed by atoms with Crippen molar-refractivity contribution in [2.24, 2.45) is 5.73 Å².